The molecule has 0 amide bonds. The fourth-order valence-electron chi connectivity index (χ4n) is 2.62. The lowest BCUT2D eigenvalue weighted by molar-refractivity contribution is -0.159. The number of ether oxygens (including phenoxy) is 2. The van der Waals surface area contributed by atoms with E-state index in [1.54, 1.807) is 14.2 Å². The topological polar surface area (TPSA) is 122 Å². The lowest BCUT2D eigenvalue weighted by Crippen LogP contribution is -2.35. The van der Waals surface area contributed by atoms with Crippen LogP contribution in [0.5, 0.6) is 5.75 Å². The number of carbonyl (C=O) groups excluding carboxylic acids is 1. The molecule has 2 aromatic carbocycles. The van der Waals surface area contributed by atoms with Crippen LogP contribution in [0.1, 0.15) is 35.4 Å². The first-order valence-corrected chi connectivity index (χ1v) is 9.25. The number of carbonyl (C=O) groups is 3. The molecule has 0 radical (unpaired) electrons. The van der Waals surface area contributed by atoms with E-state index in [2.05, 4.69) is 5.32 Å². The molecule has 8 nitrogen and oxygen atoms in total. The SMILES string of the molecule is COc1ccc(C(CCNC(C)C(=O)c2ccccc2)OC)cc1.O=C(O)C(=O)O. The average Bonchev–Trinajstić information content (AvgIpc) is 2.77. The van der Waals surface area contributed by atoms with Crippen molar-refractivity contribution in [2.24, 2.45) is 0 Å². The van der Waals surface area contributed by atoms with E-state index >= 15 is 0 Å². The number of nitrogens with one attached hydrogen (secondary N) is 1. The minimum absolute atomic E-state index is 0.0116. The average molecular weight is 417 g/mol. The molecule has 0 aliphatic carbocycles. The smallest absolute Gasteiger partial charge is 0.414 e. The molecule has 0 saturated heterocycles. The summed E-state index contributed by atoms with van der Waals surface area (Å²) in [5.74, 6) is -2.71. The Hall–Kier alpha value is -3.23. The molecular formula is C22H27NO7. The van der Waals surface area contributed by atoms with Crippen LogP contribution in [0.15, 0.2) is 54.6 Å². The summed E-state index contributed by atoms with van der Waals surface area (Å²) in [5.41, 5.74) is 1.83. The molecule has 0 aromatic heterocycles. The van der Waals surface area contributed by atoms with Crippen LogP contribution in [0.4, 0.5) is 0 Å². The van der Waals surface area contributed by atoms with Gasteiger partial charge in [0.1, 0.15) is 5.75 Å². The zero-order chi connectivity index (χ0) is 22.5. The van der Waals surface area contributed by atoms with Crippen molar-refractivity contribution in [1.82, 2.24) is 5.32 Å². The van der Waals surface area contributed by atoms with E-state index in [0.29, 0.717) is 6.54 Å². The number of methoxy groups -OCH3 is 2. The molecule has 0 bridgehead atoms. The van der Waals surface area contributed by atoms with Gasteiger partial charge in [-0.3, -0.25) is 4.79 Å². The third-order valence-corrected chi connectivity index (χ3v) is 4.26. The monoisotopic (exact) mass is 417 g/mol. The molecule has 2 aromatic rings. The van der Waals surface area contributed by atoms with Crippen molar-refractivity contribution in [3.8, 4) is 5.75 Å². The Morgan fingerprint density at radius 1 is 0.933 bits per heavy atom. The lowest BCUT2D eigenvalue weighted by atomic mass is 10.0. The van der Waals surface area contributed by atoms with Crippen LogP contribution in [-0.4, -0.2) is 54.7 Å². The quantitative estimate of drug-likeness (QED) is 0.421. The highest BCUT2D eigenvalue weighted by Gasteiger charge is 2.16. The summed E-state index contributed by atoms with van der Waals surface area (Å²) in [6.45, 7) is 2.59. The third kappa shape index (κ3) is 8.42. The standard InChI is InChI=1S/C20H25NO3.C2H2O4/c1-15(20(22)17-7-5-4-6-8-17)21-14-13-19(24-3)16-9-11-18(23-2)12-10-16;3-1(4)2(5)6/h4-12,15,19,21H,13-14H2,1-3H3;(H,3,4)(H,5,6). The van der Waals surface area contributed by atoms with Gasteiger partial charge in [-0.1, -0.05) is 42.5 Å². The van der Waals surface area contributed by atoms with Gasteiger partial charge in [0.15, 0.2) is 5.78 Å². The molecule has 0 aliphatic heterocycles. The molecule has 0 aliphatic rings. The van der Waals surface area contributed by atoms with E-state index in [1.807, 2.05) is 61.5 Å². The Balaban J connectivity index is 0.000000656. The second-order valence-corrected chi connectivity index (χ2v) is 6.30. The van der Waals surface area contributed by atoms with E-state index in [9.17, 15) is 4.79 Å². The summed E-state index contributed by atoms with van der Waals surface area (Å²) in [7, 11) is 3.35. The van der Waals surface area contributed by atoms with E-state index in [0.717, 1.165) is 23.3 Å². The van der Waals surface area contributed by atoms with Crippen molar-refractivity contribution in [3.05, 3.63) is 65.7 Å². The Morgan fingerprint density at radius 3 is 1.97 bits per heavy atom. The predicted octanol–water partition coefficient (Wildman–Crippen LogP) is 2.79. The number of Topliss-reactive ketones (excluding diaryl/α,β-unsaturated/α-hetero) is 1. The van der Waals surface area contributed by atoms with Gasteiger partial charge in [0.2, 0.25) is 0 Å². The molecule has 0 spiro atoms. The lowest BCUT2D eigenvalue weighted by Gasteiger charge is -2.18. The minimum Gasteiger partial charge on any atom is -0.497 e. The van der Waals surface area contributed by atoms with E-state index in [-0.39, 0.29) is 17.9 Å². The summed E-state index contributed by atoms with van der Waals surface area (Å²) in [6.07, 6.45) is 0.775. The highest BCUT2D eigenvalue weighted by molar-refractivity contribution is 6.27. The Bertz CT molecular complexity index is 794. The molecule has 162 valence electrons. The molecule has 0 saturated carbocycles. The first kappa shape index (κ1) is 24.8. The van der Waals surface area contributed by atoms with Crippen molar-refractivity contribution in [2.75, 3.05) is 20.8 Å². The molecule has 0 fully saturated rings. The maximum atomic E-state index is 12.3. The highest BCUT2D eigenvalue weighted by atomic mass is 16.5. The Morgan fingerprint density at radius 2 is 1.50 bits per heavy atom. The van der Waals surface area contributed by atoms with Crippen LogP contribution in [0.25, 0.3) is 0 Å². The molecule has 2 rings (SSSR count). The van der Waals surface area contributed by atoms with Gasteiger partial charge >= 0.3 is 11.9 Å². The second kappa shape index (κ2) is 13.1. The third-order valence-electron chi connectivity index (χ3n) is 4.26. The van der Waals surface area contributed by atoms with Crippen LogP contribution in [0, 0.1) is 0 Å². The summed E-state index contributed by atoms with van der Waals surface area (Å²) >= 11 is 0. The number of aliphatic carboxylic acids is 2. The molecule has 2 atom stereocenters. The van der Waals surface area contributed by atoms with Gasteiger partial charge in [-0.2, -0.15) is 0 Å². The molecule has 0 heterocycles. The first-order valence-electron chi connectivity index (χ1n) is 9.25. The second-order valence-electron chi connectivity index (χ2n) is 6.30. The van der Waals surface area contributed by atoms with E-state index in [1.165, 1.54) is 0 Å². The number of carboxylic acid groups (broad SMARTS) is 2. The van der Waals surface area contributed by atoms with Crippen LogP contribution in [0.2, 0.25) is 0 Å². The fourth-order valence-corrected chi connectivity index (χ4v) is 2.62. The van der Waals surface area contributed by atoms with Gasteiger partial charge in [0.25, 0.3) is 0 Å². The summed E-state index contributed by atoms with van der Waals surface area (Å²) in [4.78, 5) is 30.5. The molecular weight excluding hydrogens is 390 g/mol. The van der Waals surface area contributed by atoms with Crippen LogP contribution in [0.3, 0.4) is 0 Å². The zero-order valence-corrected chi connectivity index (χ0v) is 17.2. The van der Waals surface area contributed by atoms with Gasteiger partial charge in [-0.15, -0.1) is 0 Å². The highest BCUT2D eigenvalue weighted by Crippen LogP contribution is 2.22. The molecule has 30 heavy (non-hydrogen) atoms. The zero-order valence-electron chi connectivity index (χ0n) is 17.2. The van der Waals surface area contributed by atoms with Crippen molar-refractivity contribution < 1.29 is 34.1 Å². The maximum absolute atomic E-state index is 12.3. The van der Waals surface area contributed by atoms with Gasteiger partial charge in [0, 0.05) is 12.7 Å². The largest absolute Gasteiger partial charge is 0.497 e. The maximum Gasteiger partial charge on any atom is 0.414 e. The van der Waals surface area contributed by atoms with Gasteiger partial charge in [-0.25, -0.2) is 9.59 Å². The van der Waals surface area contributed by atoms with Crippen LogP contribution in [-0.2, 0) is 14.3 Å². The summed E-state index contributed by atoms with van der Waals surface area (Å²) in [5, 5.41) is 18.1. The molecule has 8 heteroatoms. The van der Waals surface area contributed by atoms with E-state index < -0.39 is 11.9 Å². The van der Waals surface area contributed by atoms with Crippen molar-refractivity contribution >= 4 is 17.7 Å². The number of rotatable bonds is 9. The Kier molecular flexibility index (Phi) is 10.8. The fraction of sp³-hybridized carbons (Fsp3) is 0.318. The van der Waals surface area contributed by atoms with Gasteiger partial charge in [0.05, 0.1) is 19.3 Å². The van der Waals surface area contributed by atoms with E-state index in [4.69, 9.17) is 29.3 Å². The predicted molar refractivity (Wildman–Crippen MR) is 111 cm³/mol. The number of ketones is 1. The summed E-state index contributed by atoms with van der Waals surface area (Å²) < 4.78 is 10.7. The number of hydrogen-bond acceptors (Lipinski definition) is 6. The molecule has 2 unspecified atom stereocenters. The van der Waals surface area contributed by atoms with Crippen LogP contribution >= 0.6 is 0 Å². The minimum atomic E-state index is -1.82. The van der Waals surface area contributed by atoms with Crippen molar-refractivity contribution in [2.45, 2.75) is 25.5 Å². The number of carboxylic acids is 2. The normalized spacial score (nSPS) is 12.1. The number of hydrogen-bond donors (Lipinski definition) is 3. The van der Waals surface area contributed by atoms with Crippen molar-refractivity contribution in [3.63, 3.8) is 0 Å². The van der Waals surface area contributed by atoms with Crippen molar-refractivity contribution in [1.29, 1.82) is 0 Å². The first-order chi connectivity index (χ1) is 14.3. The van der Waals surface area contributed by atoms with Gasteiger partial charge < -0.3 is 25.0 Å². The Labute approximate surface area is 175 Å². The van der Waals surface area contributed by atoms with Gasteiger partial charge in [-0.05, 0) is 37.6 Å². The summed E-state index contributed by atoms with van der Waals surface area (Å²) in [6, 6.07) is 17.0. The van der Waals surface area contributed by atoms with Crippen LogP contribution < -0.4 is 10.1 Å². The number of benzene rings is 2. The molecule has 3 N–H and O–H groups in total.